The van der Waals surface area contributed by atoms with Gasteiger partial charge in [-0.1, -0.05) is 53.7 Å². The largest absolute Gasteiger partial charge is 0.497 e. The molecule has 3 heterocycles. The number of benzene rings is 2. The molecule has 0 unspecified atom stereocenters. The summed E-state index contributed by atoms with van der Waals surface area (Å²) >= 11 is 1.34. The predicted octanol–water partition coefficient (Wildman–Crippen LogP) is 3.77. The van der Waals surface area contributed by atoms with Crippen LogP contribution in [0, 0.1) is 6.92 Å². The third-order valence-corrected chi connectivity index (χ3v) is 6.23. The topological polar surface area (TPSA) is 85.8 Å². The van der Waals surface area contributed by atoms with Crippen molar-refractivity contribution in [2.75, 3.05) is 12.9 Å². The van der Waals surface area contributed by atoms with Gasteiger partial charge in [-0.15, -0.1) is 10.2 Å². The highest BCUT2D eigenvalue weighted by Gasteiger charge is 2.14. The molecule has 0 saturated heterocycles. The van der Waals surface area contributed by atoms with E-state index in [1.54, 1.807) is 11.6 Å². The van der Waals surface area contributed by atoms with E-state index in [-0.39, 0.29) is 11.7 Å². The van der Waals surface area contributed by atoms with Crippen molar-refractivity contribution in [1.82, 2.24) is 29.5 Å². The number of carbonyl (C=O) groups excluding carboxylic acids is 1. The number of rotatable bonds is 7. The van der Waals surface area contributed by atoms with Gasteiger partial charge in [0.2, 0.25) is 5.91 Å². The van der Waals surface area contributed by atoms with E-state index in [0.717, 1.165) is 28.1 Å². The summed E-state index contributed by atoms with van der Waals surface area (Å²) in [5, 5.41) is 16.9. The fourth-order valence-corrected chi connectivity index (χ4v) is 4.27. The number of aryl methyl sites for hydroxylation is 1. The van der Waals surface area contributed by atoms with E-state index in [0.29, 0.717) is 17.3 Å². The number of hydrogen-bond acceptors (Lipinski definition) is 6. The van der Waals surface area contributed by atoms with Crippen LogP contribution in [0.3, 0.4) is 0 Å². The standard InChI is InChI=1S/C24H22N6O2S/c1-16-6-8-18(9-7-16)20-13-21-23-26-27-24(29(23)10-11-30(21)28-20)33-15-22(31)25-14-17-4-3-5-19(12-17)32-2/h3-13H,14-15H2,1-2H3,(H,25,31). The van der Waals surface area contributed by atoms with Gasteiger partial charge in [-0.3, -0.25) is 9.20 Å². The van der Waals surface area contributed by atoms with Crippen molar-refractivity contribution in [2.24, 2.45) is 0 Å². The van der Waals surface area contributed by atoms with Gasteiger partial charge < -0.3 is 10.1 Å². The number of nitrogens with one attached hydrogen (secondary N) is 1. The minimum absolute atomic E-state index is 0.0772. The van der Waals surface area contributed by atoms with E-state index in [2.05, 4.69) is 51.8 Å². The number of methoxy groups -OCH3 is 1. The lowest BCUT2D eigenvalue weighted by atomic mass is 10.1. The summed E-state index contributed by atoms with van der Waals surface area (Å²) in [7, 11) is 1.62. The van der Waals surface area contributed by atoms with Crippen molar-refractivity contribution >= 4 is 28.8 Å². The quantitative estimate of drug-likeness (QED) is 0.374. The minimum Gasteiger partial charge on any atom is -0.497 e. The normalized spacial score (nSPS) is 11.2. The van der Waals surface area contributed by atoms with Crippen LogP contribution in [0.5, 0.6) is 5.75 Å². The zero-order chi connectivity index (χ0) is 22.8. The van der Waals surface area contributed by atoms with Crippen LogP contribution in [0.25, 0.3) is 22.4 Å². The highest BCUT2D eigenvalue weighted by Crippen LogP contribution is 2.24. The van der Waals surface area contributed by atoms with Crippen molar-refractivity contribution in [2.45, 2.75) is 18.6 Å². The lowest BCUT2D eigenvalue weighted by Crippen LogP contribution is -2.24. The molecule has 5 aromatic rings. The molecule has 33 heavy (non-hydrogen) atoms. The molecule has 0 spiro atoms. The van der Waals surface area contributed by atoms with E-state index in [4.69, 9.17) is 4.74 Å². The Bertz CT molecular complexity index is 1440. The summed E-state index contributed by atoms with van der Waals surface area (Å²) in [6.07, 6.45) is 3.74. The number of amides is 1. The minimum atomic E-state index is -0.0772. The monoisotopic (exact) mass is 458 g/mol. The number of nitrogens with zero attached hydrogens (tertiary/aromatic N) is 5. The second-order valence-corrected chi connectivity index (χ2v) is 8.56. The van der Waals surface area contributed by atoms with Gasteiger partial charge in [0.15, 0.2) is 10.8 Å². The molecule has 5 rings (SSSR count). The first kappa shape index (κ1) is 21.0. The molecule has 0 radical (unpaired) electrons. The number of hydrogen-bond donors (Lipinski definition) is 1. The molecule has 0 aliphatic heterocycles. The Labute approximate surface area is 194 Å². The second kappa shape index (κ2) is 8.95. The van der Waals surface area contributed by atoms with Crippen LogP contribution >= 0.6 is 11.8 Å². The Kier molecular flexibility index (Phi) is 5.70. The van der Waals surface area contributed by atoms with Crippen LogP contribution in [0.15, 0.2) is 72.1 Å². The first-order chi connectivity index (χ1) is 16.1. The summed E-state index contributed by atoms with van der Waals surface area (Å²) in [5.41, 5.74) is 5.66. The zero-order valence-electron chi connectivity index (χ0n) is 18.2. The molecule has 0 bridgehead atoms. The molecule has 8 nitrogen and oxygen atoms in total. The zero-order valence-corrected chi connectivity index (χ0v) is 19.0. The summed E-state index contributed by atoms with van der Waals surface area (Å²) in [4.78, 5) is 12.4. The first-order valence-corrected chi connectivity index (χ1v) is 11.4. The SMILES string of the molecule is COc1cccc(CNC(=O)CSc2nnc3c4cc(-c5ccc(C)cc5)nn4ccn23)c1. The molecule has 0 aliphatic rings. The van der Waals surface area contributed by atoms with Crippen molar-refractivity contribution in [3.8, 4) is 17.0 Å². The molecule has 0 aliphatic carbocycles. The lowest BCUT2D eigenvalue weighted by Gasteiger charge is -2.06. The molecule has 0 saturated carbocycles. The Morgan fingerprint density at radius 3 is 2.76 bits per heavy atom. The number of ether oxygens (including phenoxy) is 1. The summed E-state index contributed by atoms with van der Waals surface area (Å²) < 4.78 is 8.90. The maximum absolute atomic E-state index is 12.4. The Morgan fingerprint density at radius 2 is 1.94 bits per heavy atom. The molecule has 166 valence electrons. The predicted molar refractivity (Wildman–Crippen MR) is 127 cm³/mol. The van der Waals surface area contributed by atoms with Crippen LogP contribution in [-0.2, 0) is 11.3 Å². The molecule has 2 aromatic carbocycles. The number of carbonyl (C=O) groups is 1. The van der Waals surface area contributed by atoms with Gasteiger partial charge in [0.05, 0.1) is 18.6 Å². The van der Waals surface area contributed by atoms with Crippen molar-refractivity contribution in [3.63, 3.8) is 0 Å². The molecule has 3 aromatic heterocycles. The van der Waals surface area contributed by atoms with E-state index in [1.165, 1.54) is 17.3 Å². The van der Waals surface area contributed by atoms with Gasteiger partial charge in [-0.25, -0.2) is 4.52 Å². The van der Waals surface area contributed by atoms with Gasteiger partial charge in [-0.05, 0) is 30.7 Å². The van der Waals surface area contributed by atoms with E-state index in [9.17, 15) is 4.79 Å². The van der Waals surface area contributed by atoms with Gasteiger partial charge >= 0.3 is 0 Å². The van der Waals surface area contributed by atoms with E-state index < -0.39 is 0 Å². The summed E-state index contributed by atoms with van der Waals surface area (Å²) in [6.45, 7) is 2.50. The Hall–Kier alpha value is -3.85. The molecular weight excluding hydrogens is 436 g/mol. The smallest absolute Gasteiger partial charge is 0.230 e. The average Bonchev–Trinajstić information content (AvgIpc) is 3.46. The molecule has 0 atom stereocenters. The molecule has 1 amide bonds. The second-order valence-electron chi connectivity index (χ2n) is 7.62. The highest BCUT2D eigenvalue weighted by atomic mass is 32.2. The van der Waals surface area contributed by atoms with Crippen LogP contribution in [0.4, 0.5) is 0 Å². The van der Waals surface area contributed by atoms with Gasteiger partial charge in [0.1, 0.15) is 11.3 Å². The number of thioether (sulfide) groups is 1. The molecular formula is C24H22N6O2S. The fraction of sp³-hybridized carbons (Fsp3) is 0.167. The van der Waals surface area contributed by atoms with Crippen molar-refractivity contribution in [3.05, 3.63) is 78.1 Å². The average molecular weight is 459 g/mol. The van der Waals surface area contributed by atoms with Crippen LogP contribution in [-0.4, -0.2) is 43.0 Å². The molecule has 9 heteroatoms. The van der Waals surface area contributed by atoms with Gasteiger partial charge in [0.25, 0.3) is 0 Å². The maximum atomic E-state index is 12.4. The van der Waals surface area contributed by atoms with Crippen LogP contribution in [0.2, 0.25) is 0 Å². The third kappa shape index (κ3) is 4.40. The van der Waals surface area contributed by atoms with Gasteiger partial charge in [0, 0.05) is 24.5 Å². The number of aromatic nitrogens is 5. The first-order valence-electron chi connectivity index (χ1n) is 10.4. The van der Waals surface area contributed by atoms with Crippen molar-refractivity contribution < 1.29 is 9.53 Å². The fourth-order valence-electron chi connectivity index (χ4n) is 3.52. The maximum Gasteiger partial charge on any atom is 0.230 e. The Morgan fingerprint density at radius 1 is 1.09 bits per heavy atom. The summed E-state index contributed by atoms with van der Waals surface area (Å²) in [5.74, 6) is 0.929. The summed E-state index contributed by atoms with van der Waals surface area (Å²) in [6, 6.07) is 17.9. The van der Waals surface area contributed by atoms with E-state index >= 15 is 0 Å². The number of fused-ring (bicyclic) bond motifs is 3. The van der Waals surface area contributed by atoms with Crippen LogP contribution in [0.1, 0.15) is 11.1 Å². The highest BCUT2D eigenvalue weighted by molar-refractivity contribution is 7.99. The Balaban J connectivity index is 1.29. The molecule has 0 fully saturated rings. The van der Waals surface area contributed by atoms with Crippen molar-refractivity contribution in [1.29, 1.82) is 0 Å². The lowest BCUT2D eigenvalue weighted by molar-refractivity contribution is -0.118. The van der Waals surface area contributed by atoms with Gasteiger partial charge in [-0.2, -0.15) is 5.10 Å². The van der Waals surface area contributed by atoms with Crippen LogP contribution < -0.4 is 10.1 Å². The third-order valence-electron chi connectivity index (χ3n) is 5.29. The van der Waals surface area contributed by atoms with E-state index in [1.807, 2.05) is 47.1 Å². The molecule has 1 N–H and O–H groups in total.